The highest BCUT2D eigenvalue weighted by Crippen LogP contribution is 2.58. The van der Waals surface area contributed by atoms with Gasteiger partial charge in [0.05, 0.1) is 22.9 Å². The number of alkyl halides is 6. The number of aryl methyl sites for hydroxylation is 2. The van der Waals surface area contributed by atoms with Crippen LogP contribution in [0.15, 0.2) is 78.0 Å². The zero-order valence-corrected chi connectivity index (χ0v) is 25.3. The van der Waals surface area contributed by atoms with Crippen LogP contribution in [0.1, 0.15) is 64.5 Å². The molecule has 1 unspecified atom stereocenters. The fourth-order valence-electron chi connectivity index (χ4n) is 5.41. The number of carboxylic acid groups (broad SMARTS) is 2. The first kappa shape index (κ1) is 36.2. The van der Waals surface area contributed by atoms with Gasteiger partial charge in [0, 0.05) is 16.8 Å². The minimum atomic E-state index is -6.13. The van der Waals surface area contributed by atoms with Gasteiger partial charge in [-0.25, -0.2) is 9.59 Å². The van der Waals surface area contributed by atoms with Gasteiger partial charge in [-0.2, -0.15) is 26.3 Å². The smallest absolute Gasteiger partial charge is 0.411 e. The summed E-state index contributed by atoms with van der Waals surface area (Å²) in [6.45, 7) is 2.72. The molecule has 0 bridgehead atoms. The van der Waals surface area contributed by atoms with Crippen molar-refractivity contribution in [3.8, 4) is 5.75 Å². The van der Waals surface area contributed by atoms with Crippen LogP contribution in [0.4, 0.5) is 32.0 Å². The van der Waals surface area contributed by atoms with Crippen LogP contribution in [-0.2, 0) is 5.41 Å². The molecule has 1 atom stereocenters. The van der Waals surface area contributed by atoms with E-state index in [1.165, 1.54) is 13.8 Å². The molecule has 0 heterocycles. The lowest BCUT2D eigenvalue weighted by Crippen LogP contribution is -2.55. The van der Waals surface area contributed by atoms with Crippen molar-refractivity contribution in [2.45, 2.75) is 44.1 Å². The predicted molar refractivity (Wildman–Crippen MR) is 160 cm³/mol. The van der Waals surface area contributed by atoms with Crippen LogP contribution in [0.2, 0.25) is 0 Å². The van der Waals surface area contributed by atoms with E-state index in [1.54, 1.807) is 0 Å². The lowest BCUT2D eigenvalue weighted by Gasteiger charge is -2.40. The van der Waals surface area contributed by atoms with Gasteiger partial charge in [0.15, 0.2) is 0 Å². The van der Waals surface area contributed by atoms with E-state index in [4.69, 9.17) is 0 Å². The zero-order chi connectivity index (χ0) is 36.6. The van der Waals surface area contributed by atoms with E-state index in [2.05, 4.69) is 10.6 Å². The molecule has 1 aliphatic rings. The Labute approximate surface area is 273 Å². The number of halogens is 6. The van der Waals surface area contributed by atoms with Crippen molar-refractivity contribution in [2.24, 2.45) is 0 Å². The predicted octanol–water partition coefficient (Wildman–Crippen LogP) is 6.03. The second-order valence-electron chi connectivity index (χ2n) is 11.1. The van der Waals surface area contributed by atoms with E-state index in [0.717, 1.165) is 36.4 Å². The number of hydrogen-bond acceptors (Lipinski definition) is 6. The summed E-state index contributed by atoms with van der Waals surface area (Å²) in [4.78, 5) is 48.4. The van der Waals surface area contributed by atoms with Gasteiger partial charge in [-0.05, 0) is 97.1 Å². The van der Waals surface area contributed by atoms with Gasteiger partial charge in [-0.3, -0.25) is 9.59 Å². The Morgan fingerprint density at radius 3 is 1.67 bits per heavy atom. The quantitative estimate of drug-likeness (QED) is 0.123. The molecule has 0 fully saturated rings. The Morgan fingerprint density at radius 2 is 1.22 bits per heavy atom. The van der Waals surface area contributed by atoms with Crippen molar-refractivity contribution < 1.29 is 65.9 Å². The number of phenols is 1. The number of carboxylic acids is 2. The Hall–Kier alpha value is -5.64. The van der Waals surface area contributed by atoms with Crippen molar-refractivity contribution in [1.82, 2.24) is 5.32 Å². The summed E-state index contributed by atoms with van der Waals surface area (Å²) >= 11 is 0. The molecule has 16 heteroatoms. The normalized spacial score (nSPS) is 15.2. The first-order chi connectivity index (χ1) is 22.7. The molecular formula is C33H26F6N2O8. The van der Waals surface area contributed by atoms with Crippen molar-refractivity contribution in [2.75, 3.05) is 5.32 Å². The molecule has 258 valence electrons. The van der Waals surface area contributed by atoms with Gasteiger partial charge in [-0.1, -0.05) is 12.1 Å². The molecule has 0 spiro atoms. The van der Waals surface area contributed by atoms with Crippen LogP contribution in [0.25, 0.3) is 0 Å². The number of hydrogen-bond donors (Lipinski definition) is 6. The summed E-state index contributed by atoms with van der Waals surface area (Å²) in [5.74, 6) is -5.65. The number of aromatic hydroxyl groups is 1. The number of allylic oxidation sites excluding steroid dienone is 2. The maximum absolute atomic E-state index is 15.0. The van der Waals surface area contributed by atoms with Crippen LogP contribution in [0.5, 0.6) is 5.75 Å². The monoisotopic (exact) mass is 692 g/mol. The average Bonchev–Trinajstić information content (AvgIpc) is 2.98. The van der Waals surface area contributed by atoms with Crippen LogP contribution >= 0.6 is 0 Å². The second-order valence-corrected chi connectivity index (χ2v) is 11.1. The lowest BCUT2D eigenvalue weighted by molar-refractivity contribution is -0.289. The maximum Gasteiger partial charge on any atom is 0.411 e. The number of aromatic carboxylic acids is 2. The fraction of sp³-hybridized carbons (Fsp3) is 0.212. The molecule has 0 aromatic heterocycles. The highest BCUT2D eigenvalue weighted by molar-refractivity contribution is 6.06. The van der Waals surface area contributed by atoms with Gasteiger partial charge in [-0.15, -0.1) is 0 Å². The van der Waals surface area contributed by atoms with Gasteiger partial charge < -0.3 is 31.1 Å². The summed E-state index contributed by atoms with van der Waals surface area (Å²) in [6.07, 6.45) is -13.9. The maximum atomic E-state index is 15.0. The van der Waals surface area contributed by atoms with Gasteiger partial charge >= 0.3 is 24.3 Å². The number of aliphatic hydroxyl groups is 1. The van der Waals surface area contributed by atoms with Crippen molar-refractivity contribution in [3.05, 3.63) is 117 Å². The minimum Gasteiger partial charge on any atom is -0.506 e. The number of anilines is 1. The average molecular weight is 693 g/mol. The van der Waals surface area contributed by atoms with Crippen molar-refractivity contribution >= 4 is 29.4 Å². The second kappa shape index (κ2) is 13.1. The molecule has 2 amide bonds. The molecule has 4 rings (SSSR count). The highest BCUT2D eigenvalue weighted by atomic mass is 19.4. The zero-order valence-electron chi connectivity index (χ0n) is 25.3. The molecule has 49 heavy (non-hydrogen) atoms. The van der Waals surface area contributed by atoms with Crippen LogP contribution in [0.3, 0.4) is 0 Å². The molecule has 3 aromatic rings. The third-order valence-electron chi connectivity index (χ3n) is 7.89. The first-order valence-electron chi connectivity index (χ1n) is 14.1. The number of amides is 2. The summed E-state index contributed by atoms with van der Waals surface area (Å²) in [7, 11) is 0. The van der Waals surface area contributed by atoms with Gasteiger partial charge in [0.2, 0.25) is 5.41 Å². The van der Waals surface area contributed by atoms with E-state index < -0.39 is 82.3 Å². The number of carbonyl (C=O) groups excluding carboxylic acids is 2. The van der Waals surface area contributed by atoms with Crippen LogP contribution in [0, 0.1) is 13.8 Å². The molecule has 0 saturated heterocycles. The molecule has 6 N–H and O–H groups in total. The first-order valence-corrected chi connectivity index (χ1v) is 14.1. The number of phenolic OH excluding ortho intramolecular Hbond substituents is 1. The van der Waals surface area contributed by atoms with Crippen molar-refractivity contribution in [1.29, 1.82) is 0 Å². The summed E-state index contributed by atoms with van der Waals surface area (Å²) in [5, 5.41) is 43.4. The summed E-state index contributed by atoms with van der Waals surface area (Å²) in [6, 6.07) is 7.70. The van der Waals surface area contributed by atoms with E-state index in [-0.39, 0.29) is 39.4 Å². The number of benzene rings is 3. The van der Waals surface area contributed by atoms with Crippen molar-refractivity contribution in [3.63, 3.8) is 0 Å². The topological polar surface area (TPSA) is 173 Å². The Balaban J connectivity index is 1.79. The number of aliphatic hydroxyl groups excluding tert-OH is 1. The van der Waals surface area contributed by atoms with E-state index in [9.17, 15) is 65.9 Å². The number of rotatable bonds is 8. The molecule has 0 saturated carbocycles. The highest BCUT2D eigenvalue weighted by Gasteiger charge is 2.73. The lowest BCUT2D eigenvalue weighted by atomic mass is 9.70. The Morgan fingerprint density at radius 1 is 0.735 bits per heavy atom. The molecule has 1 aliphatic carbocycles. The molecule has 0 aliphatic heterocycles. The molecular weight excluding hydrogens is 666 g/mol. The Bertz CT molecular complexity index is 1920. The molecule has 3 aromatic carbocycles. The van der Waals surface area contributed by atoms with E-state index >= 15 is 0 Å². The summed E-state index contributed by atoms with van der Waals surface area (Å²) in [5.41, 5.74) is -9.77. The van der Waals surface area contributed by atoms with Crippen LogP contribution < -0.4 is 10.6 Å². The SMILES string of the molecule is Cc1cc(C(=O)NC2=CC(C(c3ccc(O)c(NC(=O)c4ccc(C(=O)O)c(C)c4)c3)(C(F)(F)F)C(F)(F)F)=CCC2O)ccc1C(=O)O. The van der Waals surface area contributed by atoms with Gasteiger partial charge in [0.1, 0.15) is 5.75 Å². The molecule has 0 radical (unpaired) electrons. The Kier molecular flexibility index (Phi) is 9.68. The van der Waals surface area contributed by atoms with Crippen LogP contribution in [-0.4, -0.2) is 62.6 Å². The van der Waals surface area contributed by atoms with E-state index in [0.29, 0.717) is 24.3 Å². The third-order valence-corrected chi connectivity index (χ3v) is 7.89. The number of nitrogens with one attached hydrogen (secondary N) is 2. The summed E-state index contributed by atoms with van der Waals surface area (Å²) < 4.78 is 89.8. The van der Waals surface area contributed by atoms with E-state index in [1.807, 2.05) is 0 Å². The largest absolute Gasteiger partial charge is 0.506 e. The standard InChI is InChI=1S/C33H26F6N2O8/c1-15-11-17(3-7-21(15)29(46)47)27(44)40-23-13-19(5-9-25(23)42)31(32(34,35)36,33(37,38)39)20-6-10-26(43)24(14-20)41-28(45)18-4-8-22(30(48)49)16(2)12-18/h3-9,11-14,26,42-43H,10H2,1-2H3,(H,40,44)(H,41,45)(H,46,47)(H,48,49). The third kappa shape index (κ3) is 6.85. The fourth-order valence-corrected chi connectivity index (χ4v) is 5.41. The minimum absolute atomic E-state index is 0.125. The van der Waals surface area contributed by atoms with Gasteiger partial charge in [0.25, 0.3) is 11.8 Å². The molecule has 10 nitrogen and oxygen atoms in total. The number of carbonyl (C=O) groups is 4.